The number of rotatable bonds is 7. The highest BCUT2D eigenvalue weighted by Gasteiger charge is 2.39. The van der Waals surface area contributed by atoms with Crippen LogP contribution in [0.3, 0.4) is 0 Å². The number of nitrogens with two attached hydrogens (primary N) is 1. The third-order valence-electron chi connectivity index (χ3n) is 2.90. The van der Waals surface area contributed by atoms with Crippen LogP contribution >= 0.6 is 12.2 Å². The first-order valence-corrected chi connectivity index (χ1v) is 6.43. The summed E-state index contributed by atoms with van der Waals surface area (Å²) in [6.45, 7) is -0.913. The number of hydrogen-bond donors (Lipinski definition) is 1. The van der Waals surface area contributed by atoms with Crippen molar-refractivity contribution < 1.29 is 18.0 Å². The molecular weight excluding hydrogens is 279 g/mol. The van der Waals surface area contributed by atoms with Crippen LogP contribution in [0.4, 0.5) is 13.2 Å². The molecule has 1 fully saturated rings. The van der Waals surface area contributed by atoms with Crippen LogP contribution in [-0.4, -0.2) is 59.6 Å². The zero-order valence-corrected chi connectivity index (χ0v) is 11.6. The molecule has 1 aliphatic carbocycles. The van der Waals surface area contributed by atoms with Crippen LogP contribution in [0.25, 0.3) is 0 Å². The van der Waals surface area contributed by atoms with Crippen LogP contribution < -0.4 is 5.73 Å². The van der Waals surface area contributed by atoms with Crippen molar-refractivity contribution in [3.63, 3.8) is 0 Å². The molecule has 0 radical (unpaired) electrons. The van der Waals surface area contributed by atoms with Crippen LogP contribution in [0, 0.1) is 0 Å². The number of amides is 1. The number of halogens is 3. The molecule has 0 saturated heterocycles. The largest absolute Gasteiger partial charge is 0.401 e. The minimum absolute atomic E-state index is 0.116. The fourth-order valence-electron chi connectivity index (χ4n) is 1.68. The Hall–Kier alpha value is -0.890. The molecule has 1 amide bonds. The lowest BCUT2D eigenvalue weighted by atomic mass is 10.3. The number of carbonyl (C=O) groups is 1. The van der Waals surface area contributed by atoms with Crippen LogP contribution in [0.2, 0.25) is 0 Å². The van der Waals surface area contributed by atoms with Gasteiger partial charge in [-0.2, -0.15) is 13.2 Å². The molecule has 1 saturated carbocycles. The molecule has 1 aliphatic rings. The molecule has 0 atom stereocenters. The van der Waals surface area contributed by atoms with Crippen LogP contribution in [0.1, 0.15) is 19.3 Å². The quantitative estimate of drug-likeness (QED) is 0.716. The first-order chi connectivity index (χ1) is 8.69. The third kappa shape index (κ3) is 6.72. The van der Waals surface area contributed by atoms with Gasteiger partial charge in [-0.1, -0.05) is 12.2 Å². The average molecular weight is 297 g/mol. The highest BCUT2D eigenvalue weighted by molar-refractivity contribution is 7.80. The van der Waals surface area contributed by atoms with Gasteiger partial charge in [0.15, 0.2) is 0 Å². The Balaban J connectivity index is 2.44. The number of hydrogen-bond acceptors (Lipinski definition) is 3. The van der Waals surface area contributed by atoms with Gasteiger partial charge in [-0.25, -0.2) is 0 Å². The van der Waals surface area contributed by atoms with Gasteiger partial charge in [-0.3, -0.25) is 9.69 Å². The summed E-state index contributed by atoms with van der Waals surface area (Å²) in [5.74, 6) is -0.340. The maximum atomic E-state index is 12.4. The second-order valence-electron chi connectivity index (χ2n) is 4.78. The van der Waals surface area contributed by atoms with E-state index < -0.39 is 12.7 Å². The zero-order valence-electron chi connectivity index (χ0n) is 10.7. The maximum absolute atomic E-state index is 12.4. The van der Waals surface area contributed by atoms with E-state index in [9.17, 15) is 18.0 Å². The van der Waals surface area contributed by atoms with Gasteiger partial charge in [0.2, 0.25) is 5.91 Å². The van der Waals surface area contributed by atoms with E-state index in [2.05, 4.69) is 0 Å². The lowest BCUT2D eigenvalue weighted by Gasteiger charge is -2.25. The highest BCUT2D eigenvalue weighted by Crippen LogP contribution is 2.29. The Morgan fingerprint density at radius 2 is 2.00 bits per heavy atom. The van der Waals surface area contributed by atoms with Gasteiger partial charge in [0.25, 0.3) is 0 Å². The summed E-state index contributed by atoms with van der Waals surface area (Å²) in [5, 5.41) is 0. The molecule has 2 N–H and O–H groups in total. The molecule has 0 aromatic heterocycles. The van der Waals surface area contributed by atoms with Crippen LogP contribution in [0.15, 0.2) is 0 Å². The Bertz CT molecular complexity index is 345. The molecule has 19 heavy (non-hydrogen) atoms. The molecule has 110 valence electrons. The lowest BCUT2D eigenvalue weighted by molar-refractivity contribution is -0.152. The molecule has 4 nitrogen and oxygen atoms in total. The van der Waals surface area contributed by atoms with Crippen molar-refractivity contribution in [1.29, 1.82) is 0 Å². The second-order valence-corrected chi connectivity index (χ2v) is 5.31. The molecule has 1 rings (SSSR count). The minimum Gasteiger partial charge on any atom is -0.393 e. The normalized spacial score (nSPS) is 15.6. The summed E-state index contributed by atoms with van der Waals surface area (Å²) < 4.78 is 37.2. The third-order valence-corrected chi connectivity index (χ3v) is 3.11. The van der Waals surface area contributed by atoms with Gasteiger partial charge >= 0.3 is 6.18 Å². The van der Waals surface area contributed by atoms with E-state index in [0.29, 0.717) is 13.0 Å². The fourth-order valence-corrected chi connectivity index (χ4v) is 1.77. The summed E-state index contributed by atoms with van der Waals surface area (Å²) in [6.07, 6.45) is -2.46. The van der Waals surface area contributed by atoms with Crippen molar-refractivity contribution in [3.05, 3.63) is 0 Å². The monoisotopic (exact) mass is 297 g/mol. The van der Waals surface area contributed by atoms with Crippen molar-refractivity contribution >= 4 is 23.1 Å². The highest BCUT2D eigenvalue weighted by atomic mass is 32.1. The van der Waals surface area contributed by atoms with E-state index in [1.807, 2.05) is 0 Å². The standard InChI is InChI=1S/C11H18F3N3OS/c1-16(5-4-9(15)19)10(18)6-17(8-2-3-8)7-11(12,13)14/h8H,2-7H2,1H3,(H2,15,19). The Kier molecular flexibility index (Phi) is 5.54. The molecule has 8 heteroatoms. The molecule has 0 heterocycles. The van der Waals surface area contributed by atoms with Crippen molar-refractivity contribution in [1.82, 2.24) is 9.80 Å². The minimum atomic E-state index is -4.28. The number of likely N-dealkylation sites (N-methyl/N-ethyl adjacent to an activating group) is 1. The number of nitrogens with zero attached hydrogens (tertiary/aromatic N) is 2. The Morgan fingerprint density at radius 3 is 2.42 bits per heavy atom. The number of carbonyl (C=O) groups excluding carboxylic acids is 1. The topological polar surface area (TPSA) is 49.6 Å². The van der Waals surface area contributed by atoms with Crippen molar-refractivity contribution in [2.45, 2.75) is 31.5 Å². The molecule has 0 spiro atoms. The summed E-state index contributed by atoms with van der Waals surface area (Å²) >= 11 is 4.69. The zero-order chi connectivity index (χ0) is 14.6. The SMILES string of the molecule is CN(CCC(N)=S)C(=O)CN(CC(F)(F)F)C1CC1. The Morgan fingerprint density at radius 1 is 1.42 bits per heavy atom. The average Bonchev–Trinajstić information content (AvgIpc) is 3.06. The van der Waals surface area contributed by atoms with Crippen molar-refractivity contribution in [2.75, 3.05) is 26.7 Å². The second kappa shape index (κ2) is 6.51. The molecule has 0 bridgehead atoms. The van der Waals surface area contributed by atoms with Crippen molar-refractivity contribution in [3.8, 4) is 0 Å². The van der Waals surface area contributed by atoms with Crippen molar-refractivity contribution in [2.24, 2.45) is 5.73 Å². The van der Waals surface area contributed by atoms with Gasteiger partial charge in [-0.05, 0) is 12.8 Å². The van der Waals surface area contributed by atoms with Gasteiger partial charge in [0, 0.05) is 26.1 Å². The van der Waals surface area contributed by atoms with E-state index in [1.54, 1.807) is 7.05 Å². The van der Waals surface area contributed by atoms with Crippen LogP contribution in [-0.2, 0) is 4.79 Å². The van der Waals surface area contributed by atoms with Gasteiger partial charge in [0.1, 0.15) is 0 Å². The summed E-state index contributed by atoms with van der Waals surface area (Å²) in [6, 6.07) is -0.116. The van der Waals surface area contributed by atoms with E-state index in [4.69, 9.17) is 18.0 Å². The van der Waals surface area contributed by atoms with Gasteiger partial charge in [0.05, 0.1) is 18.1 Å². The molecule has 0 aromatic carbocycles. The van der Waals surface area contributed by atoms with E-state index in [-0.39, 0.29) is 23.5 Å². The van der Waals surface area contributed by atoms with Crippen LogP contribution in [0.5, 0.6) is 0 Å². The summed E-state index contributed by atoms with van der Waals surface area (Å²) in [5.41, 5.74) is 5.32. The molecular formula is C11H18F3N3OS. The number of alkyl halides is 3. The predicted molar refractivity (Wildman–Crippen MR) is 69.7 cm³/mol. The lowest BCUT2D eigenvalue weighted by Crippen LogP contribution is -2.44. The predicted octanol–water partition coefficient (Wildman–Crippen LogP) is 1.15. The Labute approximate surface area is 115 Å². The first kappa shape index (κ1) is 16.2. The van der Waals surface area contributed by atoms with E-state index >= 15 is 0 Å². The summed E-state index contributed by atoms with van der Waals surface area (Å²) in [7, 11) is 1.54. The number of thiocarbonyl (C=S) groups is 1. The fraction of sp³-hybridized carbons (Fsp3) is 0.818. The van der Waals surface area contributed by atoms with E-state index in [0.717, 1.165) is 12.8 Å². The van der Waals surface area contributed by atoms with Gasteiger partial charge in [-0.15, -0.1) is 0 Å². The smallest absolute Gasteiger partial charge is 0.393 e. The summed E-state index contributed by atoms with van der Waals surface area (Å²) in [4.78, 5) is 14.7. The maximum Gasteiger partial charge on any atom is 0.401 e. The van der Waals surface area contributed by atoms with Gasteiger partial charge < -0.3 is 10.6 Å². The molecule has 0 aromatic rings. The molecule has 0 aliphatic heterocycles. The van der Waals surface area contributed by atoms with E-state index in [1.165, 1.54) is 9.80 Å². The molecule has 0 unspecified atom stereocenters. The first-order valence-electron chi connectivity index (χ1n) is 6.02.